The van der Waals surface area contributed by atoms with E-state index < -0.39 is 0 Å². The molecule has 0 saturated carbocycles. The summed E-state index contributed by atoms with van der Waals surface area (Å²) in [6.07, 6.45) is 4.61. The molecule has 2 aliphatic rings. The van der Waals surface area contributed by atoms with E-state index in [1.807, 2.05) is 18.2 Å². The van der Waals surface area contributed by atoms with Crippen molar-refractivity contribution in [3.8, 4) is 0 Å². The Kier molecular flexibility index (Phi) is 6.45. The second-order valence-electron chi connectivity index (χ2n) is 7.37. The molecule has 1 aromatic rings. The van der Waals surface area contributed by atoms with Crippen LogP contribution in [0.3, 0.4) is 0 Å². The fraction of sp³-hybridized carbons (Fsp3) is 0.650. The Morgan fingerprint density at radius 2 is 1.76 bits per heavy atom. The van der Waals surface area contributed by atoms with Crippen LogP contribution in [0.1, 0.15) is 36.8 Å². The Hall–Kier alpha value is -1.43. The molecule has 0 aliphatic carbocycles. The summed E-state index contributed by atoms with van der Waals surface area (Å²) in [5.74, 6) is 0.319. The Balaban J connectivity index is 1.53. The molecule has 3 rings (SSSR count). The van der Waals surface area contributed by atoms with E-state index in [1.165, 1.54) is 24.8 Å². The highest BCUT2D eigenvalue weighted by Gasteiger charge is 2.30. The first-order valence-electron chi connectivity index (χ1n) is 9.58. The zero-order valence-corrected chi connectivity index (χ0v) is 15.4. The summed E-state index contributed by atoms with van der Waals surface area (Å²) in [5.41, 5.74) is 2.19. The van der Waals surface area contributed by atoms with E-state index in [1.54, 1.807) is 0 Å². The average Bonchev–Trinajstić information content (AvgIpc) is 2.86. The zero-order valence-electron chi connectivity index (χ0n) is 15.4. The Bertz CT molecular complexity index is 570. The fourth-order valence-electron chi connectivity index (χ4n) is 4.01. The second-order valence-corrected chi connectivity index (χ2v) is 7.37. The van der Waals surface area contributed by atoms with Crippen molar-refractivity contribution >= 4 is 5.91 Å². The molecule has 138 valence electrons. The van der Waals surface area contributed by atoms with Crippen LogP contribution in [0.4, 0.5) is 0 Å². The molecule has 5 heteroatoms. The van der Waals surface area contributed by atoms with Crippen LogP contribution in [0.15, 0.2) is 24.3 Å². The van der Waals surface area contributed by atoms with E-state index in [2.05, 4.69) is 27.8 Å². The van der Waals surface area contributed by atoms with Crippen LogP contribution in [0.5, 0.6) is 0 Å². The Labute approximate surface area is 151 Å². The van der Waals surface area contributed by atoms with Gasteiger partial charge in [0.15, 0.2) is 0 Å². The number of piperazine rings is 1. The maximum absolute atomic E-state index is 12.9. The fourth-order valence-corrected chi connectivity index (χ4v) is 4.01. The number of aliphatic hydroxyl groups is 1. The van der Waals surface area contributed by atoms with Crippen LogP contribution in [0.25, 0.3) is 0 Å². The maximum Gasteiger partial charge on any atom is 0.240 e. The smallest absolute Gasteiger partial charge is 0.240 e. The molecule has 5 nitrogen and oxygen atoms in total. The molecule has 0 bridgehead atoms. The van der Waals surface area contributed by atoms with E-state index in [0.717, 1.165) is 51.3 Å². The first-order chi connectivity index (χ1) is 12.2. The lowest BCUT2D eigenvalue weighted by Crippen LogP contribution is -2.54. The quantitative estimate of drug-likeness (QED) is 0.902. The lowest BCUT2D eigenvalue weighted by atomic mass is 10.1. The van der Waals surface area contributed by atoms with Crippen LogP contribution >= 0.6 is 0 Å². The number of nitrogens with zero attached hydrogens (tertiary/aromatic N) is 3. The van der Waals surface area contributed by atoms with E-state index in [9.17, 15) is 9.90 Å². The number of likely N-dealkylation sites (N-methyl/N-ethyl adjacent to an activating group) is 1. The molecule has 1 aromatic carbocycles. The third-order valence-corrected chi connectivity index (χ3v) is 5.67. The summed E-state index contributed by atoms with van der Waals surface area (Å²) in [4.78, 5) is 19.6. The number of carbonyl (C=O) groups excluding carboxylic acids is 1. The molecule has 1 N–H and O–H groups in total. The van der Waals surface area contributed by atoms with E-state index in [4.69, 9.17) is 0 Å². The SMILES string of the molecule is CN1CCCCCC1C(=O)N1CCN(Cc2ccccc2CO)CC1. The van der Waals surface area contributed by atoms with Crippen LogP contribution < -0.4 is 0 Å². The molecular formula is C20H31N3O2. The molecular weight excluding hydrogens is 314 g/mol. The Morgan fingerprint density at radius 1 is 1.04 bits per heavy atom. The maximum atomic E-state index is 12.9. The minimum atomic E-state index is 0.0733. The molecule has 1 unspecified atom stereocenters. The largest absolute Gasteiger partial charge is 0.392 e. The van der Waals surface area contributed by atoms with Gasteiger partial charge in [0, 0.05) is 32.7 Å². The number of hydrogen-bond donors (Lipinski definition) is 1. The van der Waals surface area contributed by atoms with Crippen molar-refractivity contribution in [2.45, 2.75) is 44.9 Å². The van der Waals surface area contributed by atoms with Crippen molar-refractivity contribution < 1.29 is 9.90 Å². The molecule has 2 aliphatic heterocycles. The Morgan fingerprint density at radius 3 is 2.48 bits per heavy atom. The van der Waals surface area contributed by atoms with Gasteiger partial charge in [-0.05, 0) is 37.6 Å². The number of benzene rings is 1. The standard InChI is InChI=1S/C20H31N3O2/c1-21-10-6-2-3-9-19(21)20(25)23-13-11-22(12-14-23)15-17-7-4-5-8-18(17)16-24/h4-5,7-8,19,24H,2-3,6,9-16H2,1H3. The normalized spacial score (nSPS) is 23.4. The molecule has 0 aromatic heterocycles. The highest BCUT2D eigenvalue weighted by Crippen LogP contribution is 2.19. The number of carbonyl (C=O) groups is 1. The number of aliphatic hydroxyl groups excluding tert-OH is 1. The van der Waals surface area contributed by atoms with Gasteiger partial charge in [-0.15, -0.1) is 0 Å². The van der Waals surface area contributed by atoms with Crippen LogP contribution in [0.2, 0.25) is 0 Å². The summed E-state index contributed by atoms with van der Waals surface area (Å²) in [7, 11) is 2.09. The number of rotatable bonds is 4. The van der Waals surface area contributed by atoms with Gasteiger partial charge in [-0.3, -0.25) is 14.6 Å². The van der Waals surface area contributed by atoms with Crippen molar-refractivity contribution in [2.75, 3.05) is 39.8 Å². The summed E-state index contributed by atoms with van der Waals surface area (Å²) in [6, 6.07) is 8.13. The molecule has 0 spiro atoms. The third-order valence-electron chi connectivity index (χ3n) is 5.67. The molecule has 1 amide bonds. The van der Waals surface area contributed by atoms with Crippen molar-refractivity contribution in [1.82, 2.24) is 14.7 Å². The monoisotopic (exact) mass is 345 g/mol. The number of hydrogen-bond acceptors (Lipinski definition) is 4. The average molecular weight is 345 g/mol. The van der Waals surface area contributed by atoms with Gasteiger partial charge < -0.3 is 10.0 Å². The van der Waals surface area contributed by atoms with Gasteiger partial charge in [-0.1, -0.05) is 37.1 Å². The number of amides is 1. The zero-order chi connectivity index (χ0) is 17.6. The predicted octanol–water partition coefficient (Wildman–Crippen LogP) is 1.70. The molecule has 0 radical (unpaired) electrons. The molecule has 2 saturated heterocycles. The minimum Gasteiger partial charge on any atom is -0.392 e. The first-order valence-corrected chi connectivity index (χ1v) is 9.58. The van der Waals surface area contributed by atoms with E-state index >= 15 is 0 Å². The summed E-state index contributed by atoms with van der Waals surface area (Å²) in [5, 5.41) is 9.48. The van der Waals surface area contributed by atoms with Gasteiger partial charge in [0.05, 0.1) is 12.6 Å². The van der Waals surface area contributed by atoms with Gasteiger partial charge >= 0.3 is 0 Å². The lowest BCUT2D eigenvalue weighted by Gasteiger charge is -2.38. The molecule has 2 fully saturated rings. The predicted molar refractivity (Wildman–Crippen MR) is 99.1 cm³/mol. The number of likely N-dealkylation sites (tertiary alicyclic amines) is 1. The summed E-state index contributed by atoms with van der Waals surface area (Å²) >= 11 is 0. The first kappa shape index (κ1) is 18.4. The van der Waals surface area contributed by atoms with Gasteiger partial charge in [-0.25, -0.2) is 0 Å². The van der Waals surface area contributed by atoms with Gasteiger partial charge in [0.25, 0.3) is 0 Å². The second kappa shape index (κ2) is 8.79. The van der Waals surface area contributed by atoms with Crippen molar-refractivity contribution in [3.05, 3.63) is 35.4 Å². The lowest BCUT2D eigenvalue weighted by molar-refractivity contribution is -0.138. The van der Waals surface area contributed by atoms with Crippen molar-refractivity contribution in [3.63, 3.8) is 0 Å². The topological polar surface area (TPSA) is 47.0 Å². The molecule has 25 heavy (non-hydrogen) atoms. The van der Waals surface area contributed by atoms with E-state index in [0.29, 0.717) is 5.91 Å². The van der Waals surface area contributed by atoms with Crippen LogP contribution in [-0.4, -0.2) is 71.5 Å². The highest BCUT2D eigenvalue weighted by atomic mass is 16.3. The van der Waals surface area contributed by atoms with Crippen molar-refractivity contribution in [1.29, 1.82) is 0 Å². The summed E-state index contributed by atoms with van der Waals surface area (Å²) < 4.78 is 0. The minimum absolute atomic E-state index is 0.0733. The van der Waals surface area contributed by atoms with Gasteiger partial charge in [-0.2, -0.15) is 0 Å². The molecule has 2 heterocycles. The van der Waals surface area contributed by atoms with Crippen LogP contribution in [-0.2, 0) is 17.9 Å². The summed E-state index contributed by atoms with van der Waals surface area (Å²) in [6.45, 7) is 5.40. The van der Waals surface area contributed by atoms with Crippen molar-refractivity contribution in [2.24, 2.45) is 0 Å². The highest BCUT2D eigenvalue weighted by molar-refractivity contribution is 5.82. The van der Waals surface area contributed by atoms with Crippen LogP contribution in [0, 0.1) is 0 Å². The van der Waals surface area contributed by atoms with Gasteiger partial charge in [0.1, 0.15) is 0 Å². The molecule has 1 atom stereocenters. The van der Waals surface area contributed by atoms with Gasteiger partial charge in [0.2, 0.25) is 5.91 Å². The third kappa shape index (κ3) is 4.60. The van der Waals surface area contributed by atoms with E-state index in [-0.39, 0.29) is 12.6 Å².